The number of nitrogens with one attached hydrogen (secondary N) is 1. The number of anilines is 2. The predicted molar refractivity (Wildman–Crippen MR) is 129 cm³/mol. The fourth-order valence-corrected chi connectivity index (χ4v) is 3.94. The summed E-state index contributed by atoms with van der Waals surface area (Å²) in [4.78, 5) is 28.7. The number of nitrogens with zero attached hydrogens (tertiary/aromatic N) is 4. The van der Waals surface area contributed by atoms with Gasteiger partial charge in [0.25, 0.3) is 11.8 Å². The third-order valence-electron chi connectivity index (χ3n) is 5.89. The molecule has 2 aromatic carbocycles. The van der Waals surface area contributed by atoms with Crippen molar-refractivity contribution in [3.05, 3.63) is 71.4 Å². The lowest BCUT2D eigenvalue weighted by Crippen LogP contribution is -2.49. The van der Waals surface area contributed by atoms with E-state index in [-0.39, 0.29) is 24.3 Å². The van der Waals surface area contributed by atoms with Crippen LogP contribution in [0.3, 0.4) is 0 Å². The van der Waals surface area contributed by atoms with Crippen LogP contribution < -0.4 is 19.7 Å². The zero-order valence-electron chi connectivity index (χ0n) is 20.1. The molecule has 1 aliphatic heterocycles. The molecule has 9 nitrogen and oxygen atoms in total. The Hall–Kier alpha value is -4.35. The van der Waals surface area contributed by atoms with Crippen LogP contribution in [0.2, 0.25) is 0 Å². The summed E-state index contributed by atoms with van der Waals surface area (Å²) in [6.07, 6.45) is -4.62. The maximum atomic E-state index is 13.3. The Morgan fingerprint density at radius 2 is 1.65 bits per heavy atom. The van der Waals surface area contributed by atoms with Gasteiger partial charge in [-0.1, -0.05) is 12.1 Å². The molecule has 0 atom stereocenters. The average molecular weight is 515 g/mol. The van der Waals surface area contributed by atoms with Crippen LogP contribution in [-0.4, -0.2) is 67.3 Å². The first-order valence-electron chi connectivity index (χ1n) is 11.3. The standard InChI is InChI=1S/C25H24F3N5O4/c1-36-16-7-9-21(37-2)20(15-16)29-23(34)19-8-10-22(31-30-19)32-11-13-33(14-12-32)24(35)17-5-3-4-6-18(17)25(26,27)28/h3-10,15H,11-14H2,1-2H3,(H,29,34). The SMILES string of the molecule is COc1ccc(OC)c(NC(=O)c2ccc(N3CCN(C(=O)c4ccccc4C(F)(F)F)CC3)nn2)c1. The molecule has 4 rings (SSSR count). The molecule has 0 radical (unpaired) electrons. The number of hydrogen-bond donors (Lipinski definition) is 1. The first kappa shape index (κ1) is 25.7. The third-order valence-corrected chi connectivity index (χ3v) is 5.89. The average Bonchev–Trinajstić information content (AvgIpc) is 2.92. The van der Waals surface area contributed by atoms with Gasteiger partial charge in [-0.2, -0.15) is 13.2 Å². The lowest BCUT2D eigenvalue weighted by atomic mass is 10.1. The maximum absolute atomic E-state index is 13.3. The highest BCUT2D eigenvalue weighted by Gasteiger charge is 2.36. The number of alkyl halides is 3. The number of halogens is 3. The van der Waals surface area contributed by atoms with E-state index in [1.54, 1.807) is 24.3 Å². The number of piperazine rings is 1. The first-order valence-corrected chi connectivity index (χ1v) is 11.3. The number of carbonyl (C=O) groups is 2. The van der Waals surface area contributed by atoms with Crippen molar-refractivity contribution in [1.29, 1.82) is 0 Å². The van der Waals surface area contributed by atoms with Crippen LogP contribution in [0, 0.1) is 0 Å². The second-order valence-electron chi connectivity index (χ2n) is 8.12. The van der Waals surface area contributed by atoms with Crippen LogP contribution in [0.5, 0.6) is 11.5 Å². The Morgan fingerprint density at radius 1 is 0.919 bits per heavy atom. The van der Waals surface area contributed by atoms with Gasteiger partial charge in [-0.25, -0.2) is 0 Å². The Morgan fingerprint density at radius 3 is 2.27 bits per heavy atom. The summed E-state index contributed by atoms with van der Waals surface area (Å²) in [6, 6.07) is 12.9. The van der Waals surface area contributed by atoms with E-state index in [0.717, 1.165) is 6.07 Å². The number of rotatable bonds is 6. The number of aromatic nitrogens is 2. The Labute approximate surface area is 210 Å². The van der Waals surface area contributed by atoms with Gasteiger partial charge in [0.15, 0.2) is 11.5 Å². The van der Waals surface area contributed by atoms with E-state index in [2.05, 4.69) is 15.5 Å². The van der Waals surface area contributed by atoms with Crippen molar-refractivity contribution in [3.8, 4) is 11.5 Å². The molecule has 3 aromatic rings. The number of ether oxygens (including phenoxy) is 2. The normalized spacial score (nSPS) is 13.8. The van der Waals surface area contributed by atoms with Gasteiger partial charge in [0.1, 0.15) is 11.5 Å². The number of methoxy groups -OCH3 is 2. The topological polar surface area (TPSA) is 96.9 Å². The molecule has 0 saturated carbocycles. The minimum absolute atomic E-state index is 0.0752. The fraction of sp³-hybridized carbons (Fsp3) is 0.280. The van der Waals surface area contributed by atoms with Crippen molar-refractivity contribution < 1.29 is 32.2 Å². The molecule has 0 bridgehead atoms. The van der Waals surface area contributed by atoms with Crippen molar-refractivity contribution in [2.24, 2.45) is 0 Å². The van der Waals surface area contributed by atoms with Crippen LogP contribution in [0.4, 0.5) is 24.7 Å². The molecule has 0 aliphatic carbocycles. The molecular weight excluding hydrogens is 491 g/mol. The number of amides is 2. The van der Waals surface area contributed by atoms with Gasteiger partial charge in [0.05, 0.1) is 31.0 Å². The highest BCUT2D eigenvalue weighted by molar-refractivity contribution is 6.03. The van der Waals surface area contributed by atoms with Gasteiger partial charge >= 0.3 is 6.18 Å². The fourth-order valence-electron chi connectivity index (χ4n) is 3.94. The molecule has 194 valence electrons. The lowest BCUT2D eigenvalue weighted by molar-refractivity contribution is -0.138. The second kappa shape index (κ2) is 10.7. The summed E-state index contributed by atoms with van der Waals surface area (Å²) in [5, 5.41) is 10.8. The number of carbonyl (C=O) groups excluding carboxylic acids is 2. The first-order chi connectivity index (χ1) is 17.7. The van der Waals surface area contributed by atoms with Crippen molar-refractivity contribution in [3.63, 3.8) is 0 Å². The molecule has 1 aliphatic rings. The molecule has 2 amide bonds. The van der Waals surface area contributed by atoms with Gasteiger partial charge in [-0.15, -0.1) is 10.2 Å². The zero-order valence-corrected chi connectivity index (χ0v) is 20.1. The van der Waals surface area contributed by atoms with Crippen LogP contribution in [0.1, 0.15) is 26.4 Å². The van der Waals surface area contributed by atoms with Crippen molar-refractivity contribution in [1.82, 2.24) is 15.1 Å². The predicted octanol–water partition coefficient (Wildman–Crippen LogP) is 3.73. The van der Waals surface area contributed by atoms with Crippen LogP contribution in [0.25, 0.3) is 0 Å². The molecule has 0 unspecified atom stereocenters. The molecule has 2 heterocycles. The summed E-state index contributed by atoms with van der Waals surface area (Å²) < 4.78 is 50.4. The van der Waals surface area contributed by atoms with Gasteiger partial charge < -0.3 is 24.6 Å². The summed E-state index contributed by atoms with van der Waals surface area (Å²) in [7, 11) is 2.99. The Balaban J connectivity index is 1.39. The highest BCUT2D eigenvalue weighted by Crippen LogP contribution is 2.33. The van der Waals surface area contributed by atoms with Gasteiger partial charge in [-0.3, -0.25) is 9.59 Å². The summed E-state index contributed by atoms with van der Waals surface area (Å²) in [5.74, 6) is 0.308. The number of hydrogen-bond acceptors (Lipinski definition) is 7. The van der Waals surface area contributed by atoms with Crippen LogP contribution in [0.15, 0.2) is 54.6 Å². The molecular formula is C25H24F3N5O4. The molecule has 12 heteroatoms. The Bertz CT molecular complexity index is 1280. The largest absolute Gasteiger partial charge is 0.497 e. The molecule has 1 N–H and O–H groups in total. The van der Waals surface area contributed by atoms with Crippen molar-refractivity contribution in [2.45, 2.75) is 6.18 Å². The van der Waals surface area contributed by atoms with E-state index in [4.69, 9.17) is 9.47 Å². The molecule has 1 fully saturated rings. The molecule has 1 aromatic heterocycles. The zero-order chi connectivity index (χ0) is 26.6. The smallest absolute Gasteiger partial charge is 0.417 e. The van der Waals surface area contributed by atoms with Crippen LogP contribution >= 0.6 is 0 Å². The van der Waals surface area contributed by atoms with E-state index < -0.39 is 23.6 Å². The van der Waals surface area contributed by atoms with E-state index in [9.17, 15) is 22.8 Å². The maximum Gasteiger partial charge on any atom is 0.417 e. The van der Waals surface area contributed by atoms with E-state index in [0.29, 0.717) is 36.1 Å². The quantitative estimate of drug-likeness (QED) is 0.535. The summed E-state index contributed by atoms with van der Waals surface area (Å²) in [6.45, 7) is 1.12. The molecule has 0 spiro atoms. The Kier molecular flexibility index (Phi) is 7.46. The number of benzene rings is 2. The monoisotopic (exact) mass is 515 g/mol. The minimum Gasteiger partial charge on any atom is -0.497 e. The third kappa shape index (κ3) is 5.74. The van der Waals surface area contributed by atoms with Crippen LogP contribution in [-0.2, 0) is 6.18 Å². The van der Waals surface area contributed by atoms with Gasteiger partial charge in [0, 0.05) is 32.2 Å². The summed E-state index contributed by atoms with van der Waals surface area (Å²) >= 11 is 0. The second-order valence-corrected chi connectivity index (χ2v) is 8.12. The van der Waals surface area contributed by atoms with E-state index in [1.165, 1.54) is 43.4 Å². The van der Waals surface area contributed by atoms with E-state index in [1.807, 2.05) is 4.90 Å². The highest BCUT2D eigenvalue weighted by atomic mass is 19.4. The lowest BCUT2D eigenvalue weighted by Gasteiger charge is -2.35. The molecule has 1 saturated heterocycles. The van der Waals surface area contributed by atoms with E-state index >= 15 is 0 Å². The molecule has 37 heavy (non-hydrogen) atoms. The van der Waals surface area contributed by atoms with Crippen molar-refractivity contribution in [2.75, 3.05) is 50.6 Å². The van der Waals surface area contributed by atoms with Gasteiger partial charge in [-0.05, 0) is 36.4 Å². The summed E-state index contributed by atoms with van der Waals surface area (Å²) in [5.41, 5.74) is -0.836. The van der Waals surface area contributed by atoms with Crippen molar-refractivity contribution >= 4 is 23.3 Å². The van der Waals surface area contributed by atoms with Gasteiger partial charge in [0.2, 0.25) is 0 Å². The minimum atomic E-state index is -4.62.